The predicted molar refractivity (Wildman–Crippen MR) is 85.2 cm³/mol. The van der Waals surface area contributed by atoms with Crippen LogP contribution in [-0.2, 0) is 16.0 Å². The number of Topliss-reactive ketones (excluding diaryl/α,β-unsaturated/α-hetero) is 1. The fourth-order valence-corrected chi connectivity index (χ4v) is 2.45. The number of aromatic nitrogens is 1. The van der Waals surface area contributed by atoms with Crippen molar-refractivity contribution >= 4 is 28.6 Å². The van der Waals surface area contributed by atoms with E-state index < -0.39 is 18.1 Å². The monoisotopic (exact) mass is 317 g/mol. The quantitative estimate of drug-likeness (QED) is 0.587. The minimum Gasteiger partial charge on any atom is -0.480 e. The zero-order valence-electron chi connectivity index (χ0n) is 12.9. The number of carboxylic acid groups (broad SMARTS) is 1. The molecule has 0 aliphatic heterocycles. The van der Waals surface area contributed by atoms with Crippen LogP contribution in [0.1, 0.15) is 29.8 Å². The average Bonchev–Trinajstić information content (AvgIpc) is 2.87. The first-order valence-electron chi connectivity index (χ1n) is 7.19. The van der Waals surface area contributed by atoms with E-state index in [0.717, 1.165) is 16.5 Å². The molecule has 0 saturated carbocycles. The van der Waals surface area contributed by atoms with Gasteiger partial charge in [0, 0.05) is 36.0 Å². The summed E-state index contributed by atoms with van der Waals surface area (Å²) >= 11 is 0. The van der Waals surface area contributed by atoms with Crippen molar-refractivity contribution in [2.45, 2.75) is 32.4 Å². The van der Waals surface area contributed by atoms with Gasteiger partial charge >= 0.3 is 5.97 Å². The first-order chi connectivity index (χ1) is 10.8. The highest BCUT2D eigenvalue weighted by molar-refractivity contribution is 6.04. The third-order valence-corrected chi connectivity index (χ3v) is 3.62. The number of fused-ring (bicyclic) bond motifs is 1. The van der Waals surface area contributed by atoms with Crippen molar-refractivity contribution < 1.29 is 19.5 Å². The molecule has 0 aliphatic carbocycles. The van der Waals surface area contributed by atoms with Gasteiger partial charge in [-0.05, 0) is 18.6 Å². The third-order valence-electron chi connectivity index (χ3n) is 3.62. The molecule has 7 nitrogen and oxygen atoms in total. The second-order valence-electron chi connectivity index (χ2n) is 5.51. The maximum absolute atomic E-state index is 12.3. The summed E-state index contributed by atoms with van der Waals surface area (Å²) in [7, 11) is 0. The summed E-state index contributed by atoms with van der Waals surface area (Å²) in [4.78, 5) is 37.2. The van der Waals surface area contributed by atoms with Gasteiger partial charge in [0.1, 0.15) is 6.04 Å². The molecule has 0 saturated heterocycles. The first-order valence-corrected chi connectivity index (χ1v) is 7.19. The van der Waals surface area contributed by atoms with Crippen molar-refractivity contribution in [1.82, 2.24) is 10.3 Å². The normalized spacial score (nSPS) is 13.5. The molecule has 1 aromatic heterocycles. The highest BCUT2D eigenvalue weighted by Gasteiger charge is 2.18. The van der Waals surface area contributed by atoms with Gasteiger partial charge in [-0.1, -0.05) is 12.1 Å². The Hall–Kier alpha value is -2.67. The van der Waals surface area contributed by atoms with Crippen LogP contribution < -0.4 is 11.1 Å². The first kappa shape index (κ1) is 16.7. The number of rotatable bonds is 6. The van der Waals surface area contributed by atoms with E-state index in [1.54, 1.807) is 31.3 Å². The molecule has 1 heterocycles. The number of carbonyl (C=O) groups is 3. The number of nitrogens with two attached hydrogens (primary N) is 1. The van der Waals surface area contributed by atoms with Gasteiger partial charge < -0.3 is 21.1 Å². The second kappa shape index (κ2) is 6.62. The highest BCUT2D eigenvalue weighted by atomic mass is 16.4. The van der Waals surface area contributed by atoms with E-state index >= 15 is 0 Å². The van der Waals surface area contributed by atoms with Crippen molar-refractivity contribution in [3.63, 3.8) is 0 Å². The maximum atomic E-state index is 12.3. The number of H-pyrrole nitrogens is 1. The zero-order valence-corrected chi connectivity index (χ0v) is 12.9. The molecule has 2 atom stereocenters. The number of benzene rings is 1. The van der Waals surface area contributed by atoms with Gasteiger partial charge in [0.05, 0.1) is 6.04 Å². The van der Waals surface area contributed by atoms with Crippen LogP contribution in [0.5, 0.6) is 0 Å². The van der Waals surface area contributed by atoms with E-state index in [2.05, 4.69) is 10.3 Å². The number of aromatic amines is 1. The molecular formula is C16H19N3O4. The smallest absolute Gasteiger partial charge is 0.320 e. The molecule has 7 heteroatoms. The molecule has 0 spiro atoms. The average molecular weight is 317 g/mol. The topological polar surface area (TPSA) is 125 Å². The molecule has 1 aromatic carbocycles. The van der Waals surface area contributed by atoms with Crippen molar-refractivity contribution in [2.75, 3.05) is 0 Å². The maximum Gasteiger partial charge on any atom is 0.320 e. The predicted octanol–water partition coefficient (Wildman–Crippen LogP) is 0.830. The zero-order chi connectivity index (χ0) is 17.1. The summed E-state index contributed by atoms with van der Waals surface area (Å²) in [5.74, 6) is -1.52. The van der Waals surface area contributed by atoms with Crippen LogP contribution in [-0.4, -0.2) is 39.8 Å². The lowest BCUT2D eigenvalue weighted by atomic mass is 10.0. The van der Waals surface area contributed by atoms with E-state index in [1.807, 2.05) is 0 Å². The van der Waals surface area contributed by atoms with Crippen molar-refractivity contribution in [3.05, 3.63) is 35.5 Å². The van der Waals surface area contributed by atoms with Crippen LogP contribution in [0.4, 0.5) is 0 Å². The summed E-state index contributed by atoms with van der Waals surface area (Å²) in [5.41, 5.74) is 7.52. The van der Waals surface area contributed by atoms with E-state index in [0.29, 0.717) is 5.56 Å². The van der Waals surface area contributed by atoms with Crippen LogP contribution >= 0.6 is 0 Å². The van der Waals surface area contributed by atoms with Gasteiger partial charge in [-0.15, -0.1) is 0 Å². The molecule has 5 N–H and O–H groups in total. The van der Waals surface area contributed by atoms with Crippen LogP contribution in [0.15, 0.2) is 24.4 Å². The summed E-state index contributed by atoms with van der Waals surface area (Å²) in [6.07, 6.45) is 1.89. The molecule has 1 amide bonds. The molecule has 2 rings (SSSR count). The number of ketones is 1. The van der Waals surface area contributed by atoms with Gasteiger partial charge in [-0.2, -0.15) is 0 Å². The molecular weight excluding hydrogens is 298 g/mol. The van der Waals surface area contributed by atoms with Crippen LogP contribution in [0.2, 0.25) is 0 Å². The minimum atomic E-state index is -1.06. The van der Waals surface area contributed by atoms with E-state index in [9.17, 15) is 14.4 Å². The lowest BCUT2D eigenvalue weighted by Crippen LogP contribution is -2.37. The number of nitrogens with one attached hydrogen (secondary N) is 2. The third kappa shape index (κ3) is 3.75. The van der Waals surface area contributed by atoms with Gasteiger partial charge in [0.15, 0.2) is 5.78 Å². The Bertz CT molecular complexity index is 766. The van der Waals surface area contributed by atoms with E-state index in [-0.39, 0.29) is 18.1 Å². The van der Waals surface area contributed by atoms with Gasteiger partial charge in [-0.25, -0.2) is 0 Å². The van der Waals surface area contributed by atoms with Crippen LogP contribution in [0, 0.1) is 0 Å². The Morgan fingerprint density at radius 2 is 2.04 bits per heavy atom. The van der Waals surface area contributed by atoms with Crippen molar-refractivity contribution in [1.29, 1.82) is 0 Å². The molecule has 0 aliphatic rings. The molecule has 2 aromatic rings. The fourth-order valence-electron chi connectivity index (χ4n) is 2.45. The molecule has 0 bridgehead atoms. The van der Waals surface area contributed by atoms with Gasteiger partial charge in [-0.3, -0.25) is 14.4 Å². The van der Waals surface area contributed by atoms with E-state index in [4.69, 9.17) is 10.8 Å². The van der Waals surface area contributed by atoms with Crippen molar-refractivity contribution in [3.8, 4) is 0 Å². The summed E-state index contributed by atoms with van der Waals surface area (Å²) in [6.45, 7) is 2.98. The summed E-state index contributed by atoms with van der Waals surface area (Å²) in [6, 6.07) is 3.51. The van der Waals surface area contributed by atoms with E-state index in [1.165, 1.54) is 6.92 Å². The number of aliphatic carboxylic acids is 1. The Balaban J connectivity index is 2.25. The molecule has 122 valence electrons. The molecule has 23 heavy (non-hydrogen) atoms. The lowest BCUT2D eigenvalue weighted by molar-refractivity contribution is -0.138. The standard InChI is InChI=1S/C16H19N3O4/c1-8(19-9(2)20)15(21)10-3-4-12-11(5-13(17)16(22)23)7-18-14(12)6-10/h3-4,6-8,13,18H,5,17H2,1-2H3,(H,19,20)(H,22,23)/t8-,13-/m0/s1. The number of amides is 1. The number of hydrogen-bond donors (Lipinski definition) is 4. The van der Waals surface area contributed by atoms with Gasteiger partial charge in [0.2, 0.25) is 5.91 Å². The van der Waals surface area contributed by atoms with Gasteiger partial charge in [0.25, 0.3) is 0 Å². The SMILES string of the molecule is CC(=O)N[C@@H](C)C(=O)c1ccc2c(C[C@H](N)C(=O)O)c[nH]c2c1. The summed E-state index contributed by atoms with van der Waals surface area (Å²) in [5, 5.41) is 12.3. The Kier molecular flexibility index (Phi) is 4.80. The fraction of sp³-hybridized carbons (Fsp3) is 0.312. The molecule has 0 fully saturated rings. The second-order valence-corrected chi connectivity index (χ2v) is 5.51. The molecule has 0 radical (unpaired) electrons. The number of carbonyl (C=O) groups excluding carboxylic acids is 2. The largest absolute Gasteiger partial charge is 0.480 e. The number of hydrogen-bond acceptors (Lipinski definition) is 4. The highest BCUT2D eigenvalue weighted by Crippen LogP contribution is 2.21. The Morgan fingerprint density at radius 1 is 1.35 bits per heavy atom. The Morgan fingerprint density at radius 3 is 2.65 bits per heavy atom. The minimum absolute atomic E-state index is 0.194. The van der Waals surface area contributed by atoms with Crippen LogP contribution in [0.25, 0.3) is 10.9 Å². The summed E-state index contributed by atoms with van der Waals surface area (Å²) < 4.78 is 0. The Labute approximate surface area is 132 Å². The lowest BCUT2D eigenvalue weighted by Gasteiger charge is -2.11. The molecule has 0 unspecified atom stereocenters. The van der Waals surface area contributed by atoms with Crippen LogP contribution in [0.3, 0.4) is 0 Å². The van der Waals surface area contributed by atoms with Crippen molar-refractivity contribution in [2.24, 2.45) is 5.73 Å². The number of carboxylic acids is 1.